The number of benzene rings is 1. The zero-order valence-electron chi connectivity index (χ0n) is 10.1. The molecule has 0 fully saturated rings. The maximum atomic E-state index is 10.4. The molecule has 1 rings (SSSR count). The Morgan fingerprint density at radius 3 is 1.88 bits per heavy atom. The number of nitrogens with zero attached hydrogens (tertiary/aromatic N) is 2. The molecule has 0 saturated heterocycles. The Labute approximate surface area is 100 Å². The van der Waals surface area contributed by atoms with E-state index in [-0.39, 0.29) is 0 Å². The summed E-state index contributed by atoms with van der Waals surface area (Å²) in [7, 11) is 0. The van der Waals surface area contributed by atoms with Crippen molar-refractivity contribution in [2.24, 2.45) is 9.98 Å². The van der Waals surface area contributed by atoms with Crippen LogP contribution >= 0.6 is 0 Å². The van der Waals surface area contributed by atoms with Crippen LogP contribution in [-0.2, 0) is 15.3 Å². The van der Waals surface area contributed by atoms with Gasteiger partial charge in [0.15, 0.2) is 5.66 Å². The normalized spacial score (nSPS) is 13.4. The van der Waals surface area contributed by atoms with Crippen molar-refractivity contribution >= 4 is 12.2 Å². The first-order valence-corrected chi connectivity index (χ1v) is 5.32. The van der Waals surface area contributed by atoms with Crippen molar-refractivity contribution in [2.75, 3.05) is 0 Å². The van der Waals surface area contributed by atoms with Gasteiger partial charge in [0.2, 0.25) is 12.2 Å². The van der Waals surface area contributed by atoms with E-state index < -0.39 is 5.66 Å². The van der Waals surface area contributed by atoms with Gasteiger partial charge in [-0.05, 0) is 18.4 Å². The Morgan fingerprint density at radius 1 is 1.06 bits per heavy atom. The summed E-state index contributed by atoms with van der Waals surface area (Å²) in [6.45, 7) is 5.73. The lowest BCUT2D eigenvalue weighted by atomic mass is 9.97. The second-order valence-corrected chi connectivity index (χ2v) is 4.20. The molecule has 0 radical (unpaired) electrons. The molecule has 88 valence electrons. The zero-order valence-corrected chi connectivity index (χ0v) is 10.1. The standard InChI is InChI=1S/C13H14N2O2/c1-10(2)11-4-6-12(7-5-11)13(3,14-8-16)15-9-17/h4-7,10H,1-3H3. The Bertz CT molecular complexity index is 461. The van der Waals surface area contributed by atoms with Crippen LogP contribution < -0.4 is 0 Å². The predicted molar refractivity (Wildman–Crippen MR) is 64.1 cm³/mol. The third kappa shape index (κ3) is 2.97. The lowest BCUT2D eigenvalue weighted by Crippen LogP contribution is -2.15. The molecule has 4 nitrogen and oxygen atoms in total. The Hall–Kier alpha value is -2.02. The van der Waals surface area contributed by atoms with E-state index in [0.29, 0.717) is 11.5 Å². The van der Waals surface area contributed by atoms with E-state index in [1.165, 1.54) is 17.7 Å². The summed E-state index contributed by atoms with van der Waals surface area (Å²) < 4.78 is 0. The summed E-state index contributed by atoms with van der Waals surface area (Å²) in [4.78, 5) is 27.8. The quantitative estimate of drug-likeness (QED) is 0.589. The lowest BCUT2D eigenvalue weighted by molar-refractivity contribution is 0.492. The van der Waals surface area contributed by atoms with Gasteiger partial charge in [0.05, 0.1) is 0 Å². The van der Waals surface area contributed by atoms with E-state index in [0.717, 1.165) is 0 Å². The molecule has 0 aliphatic heterocycles. The monoisotopic (exact) mass is 230 g/mol. The van der Waals surface area contributed by atoms with Crippen molar-refractivity contribution in [3.63, 3.8) is 0 Å². The van der Waals surface area contributed by atoms with Crippen molar-refractivity contribution in [1.29, 1.82) is 0 Å². The molecular weight excluding hydrogens is 216 g/mol. The molecule has 0 amide bonds. The van der Waals surface area contributed by atoms with Crippen LogP contribution in [0.5, 0.6) is 0 Å². The van der Waals surface area contributed by atoms with Crippen LogP contribution in [0.2, 0.25) is 0 Å². The molecule has 17 heavy (non-hydrogen) atoms. The molecule has 0 atom stereocenters. The van der Waals surface area contributed by atoms with Crippen molar-refractivity contribution < 1.29 is 9.59 Å². The van der Waals surface area contributed by atoms with E-state index in [9.17, 15) is 9.59 Å². The first kappa shape index (κ1) is 13.0. The average Bonchev–Trinajstić information content (AvgIpc) is 2.30. The summed E-state index contributed by atoms with van der Waals surface area (Å²) >= 11 is 0. The number of carbonyl (C=O) groups excluding carboxylic acids is 2. The van der Waals surface area contributed by atoms with E-state index >= 15 is 0 Å². The fourth-order valence-electron chi connectivity index (χ4n) is 1.52. The van der Waals surface area contributed by atoms with Gasteiger partial charge in [0.1, 0.15) is 0 Å². The largest absolute Gasteiger partial charge is 0.237 e. The Morgan fingerprint density at radius 2 is 1.53 bits per heavy atom. The number of hydrogen-bond acceptors (Lipinski definition) is 4. The highest BCUT2D eigenvalue weighted by Gasteiger charge is 2.25. The highest BCUT2D eigenvalue weighted by molar-refractivity contribution is 5.42. The van der Waals surface area contributed by atoms with Crippen LogP contribution in [-0.4, -0.2) is 12.2 Å². The molecular formula is C13H14N2O2. The fourth-order valence-corrected chi connectivity index (χ4v) is 1.52. The second-order valence-electron chi connectivity index (χ2n) is 4.20. The summed E-state index contributed by atoms with van der Waals surface area (Å²) in [5, 5.41) is 0. The molecule has 1 aromatic carbocycles. The molecule has 4 heteroatoms. The summed E-state index contributed by atoms with van der Waals surface area (Å²) in [6, 6.07) is 7.46. The van der Waals surface area contributed by atoms with Crippen LogP contribution in [0.15, 0.2) is 34.3 Å². The minimum atomic E-state index is -1.22. The second kappa shape index (κ2) is 5.35. The molecule has 0 aliphatic carbocycles. The summed E-state index contributed by atoms with van der Waals surface area (Å²) in [5.74, 6) is 0.416. The number of rotatable bonds is 4. The minimum Gasteiger partial charge on any atom is -0.211 e. The zero-order chi connectivity index (χ0) is 12.9. The van der Waals surface area contributed by atoms with E-state index in [4.69, 9.17) is 0 Å². The van der Waals surface area contributed by atoms with Crippen molar-refractivity contribution in [1.82, 2.24) is 0 Å². The maximum absolute atomic E-state index is 10.4. The van der Waals surface area contributed by atoms with Gasteiger partial charge in [-0.3, -0.25) is 0 Å². The van der Waals surface area contributed by atoms with Crippen molar-refractivity contribution in [2.45, 2.75) is 32.4 Å². The number of aliphatic imine (C=N–C) groups is 2. The molecule has 0 spiro atoms. The Balaban J connectivity index is 3.21. The van der Waals surface area contributed by atoms with Gasteiger partial charge in [-0.1, -0.05) is 38.1 Å². The van der Waals surface area contributed by atoms with Gasteiger partial charge in [0, 0.05) is 5.56 Å². The lowest BCUT2D eigenvalue weighted by Gasteiger charge is -2.17. The first-order chi connectivity index (χ1) is 8.03. The first-order valence-electron chi connectivity index (χ1n) is 5.32. The highest BCUT2D eigenvalue weighted by Crippen LogP contribution is 2.27. The number of hydrogen-bond donors (Lipinski definition) is 0. The molecule has 0 aliphatic rings. The third-order valence-electron chi connectivity index (χ3n) is 2.65. The molecule has 0 unspecified atom stereocenters. The fraction of sp³-hybridized carbons (Fsp3) is 0.385. The topological polar surface area (TPSA) is 58.9 Å². The van der Waals surface area contributed by atoms with Crippen LogP contribution in [0.1, 0.15) is 37.8 Å². The average molecular weight is 230 g/mol. The molecule has 0 heterocycles. The van der Waals surface area contributed by atoms with E-state index in [2.05, 4.69) is 23.8 Å². The summed E-state index contributed by atoms with van der Waals surface area (Å²) in [6.07, 6.45) is 2.86. The van der Waals surface area contributed by atoms with Crippen molar-refractivity contribution in [3.8, 4) is 0 Å². The summed E-state index contributed by atoms with van der Waals surface area (Å²) in [5.41, 5.74) is 0.605. The Kier molecular flexibility index (Phi) is 4.11. The van der Waals surface area contributed by atoms with Gasteiger partial charge >= 0.3 is 0 Å². The molecule has 0 aromatic heterocycles. The van der Waals surface area contributed by atoms with Gasteiger partial charge in [0.25, 0.3) is 0 Å². The molecule has 1 aromatic rings. The minimum absolute atomic E-state index is 0.416. The van der Waals surface area contributed by atoms with E-state index in [1.807, 2.05) is 12.1 Å². The van der Waals surface area contributed by atoms with Crippen LogP contribution in [0.4, 0.5) is 0 Å². The molecule has 0 bridgehead atoms. The van der Waals surface area contributed by atoms with Gasteiger partial charge < -0.3 is 0 Å². The molecule has 0 N–H and O–H groups in total. The molecule has 0 saturated carbocycles. The number of isocyanates is 2. The predicted octanol–water partition coefficient (Wildman–Crippen LogP) is 2.65. The SMILES string of the molecule is CC(C)c1ccc(C(C)(N=C=O)N=C=O)cc1. The maximum Gasteiger partial charge on any atom is 0.237 e. The van der Waals surface area contributed by atoms with Crippen LogP contribution in [0.25, 0.3) is 0 Å². The van der Waals surface area contributed by atoms with Crippen molar-refractivity contribution in [3.05, 3.63) is 35.4 Å². The van der Waals surface area contributed by atoms with E-state index in [1.54, 1.807) is 19.1 Å². The van der Waals surface area contributed by atoms with Crippen LogP contribution in [0, 0.1) is 0 Å². The van der Waals surface area contributed by atoms with Gasteiger partial charge in [-0.15, -0.1) is 0 Å². The third-order valence-corrected chi connectivity index (χ3v) is 2.65. The smallest absolute Gasteiger partial charge is 0.211 e. The van der Waals surface area contributed by atoms with Gasteiger partial charge in [-0.2, -0.15) is 9.98 Å². The van der Waals surface area contributed by atoms with Crippen LogP contribution in [0.3, 0.4) is 0 Å². The highest BCUT2D eigenvalue weighted by atomic mass is 16.1. The van der Waals surface area contributed by atoms with Gasteiger partial charge in [-0.25, -0.2) is 9.59 Å².